The van der Waals surface area contributed by atoms with Crippen LogP contribution in [-0.4, -0.2) is 38.6 Å². The van der Waals surface area contributed by atoms with Gasteiger partial charge in [-0.15, -0.1) is 15.3 Å². The molecule has 2 atom stereocenters. The zero-order chi connectivity index (χ0) is 14.5. The Morgan fingerprint density at radius 2 is 2.05 bits per heavy atom. The number of nitrogens with one attached hydrogen (secondary N) is 1. The Hall–Kier alpha value is -1.69. The maximum atomic E-state index is 5.65. The van der Waals surface area contributed by atoms with E-state index < -0.39 is 0 Å². The van der Waals surface area contributed by atoms with Gasteiger partial charge in [-0.1, -0.05) is 13.8 Å². The molecule has 0 aromatic carbocycles. The predicted octanol–water partition coefficient (Wildman–Crippen LogP) is 2.05. The van der Waals surface area contributed by atoms with Crippen molar-refractivity contribution in [1.82, 2.24) is 19.8 Å². The number of anilines is 1. The lowest BCUT2D eigenvalue weighted by molar-refractivity contribution is -0.166. The van der Waals surface area contributed by atoms with E-state index in [1.165, 1.54) is 0 Å². The van der Waals surface area contributed by atoms with Crippen LogP contribution < -0.4 is 5.32 Å². The summed E-state index contributed by atoms with van der Waals surface area (Å²) < 4.78 is 7.40. The minimum absolute atomic E-state index is 0.0562. The van der Waals surface area contributed by atoms with Gasteiger partial charge >= 0.3 is 0 Å². The molecule has 6 nitrogen and oxygen atoms in total. The van der Waals surface area contributed by atoms with Crippen molar-refractivity contribution >= 4 is 11.5 Å². The molecule has 3 rings (SSSR count). The Bertz CT molecular complexity index is 650. The van der Waals surface area contributed by atoms with Crippen molar-refractivity contribution in [3.8, 4) is 0 Å². The predicted molar refractivity (Wildman–Crippen MR) is 76.7 cm³/mol. The fourth-order valence-electron chi connectivity index (χ4n) is 2.87. The molecular weight excluding hydrogens is 254 g/mol. The number of methoxy groups -OCH3 is 1. The quantitative estimate of drug-likeness (QED) is 0.928. The highest BCUT2D eigenvalue weighted by atomic mass is 16.5. The zero-order valence-corrected chi connectivity index (χ0v) is 12.6. The first-order valence-electron chi connectivity index (χ1n) is 6.88. The van der Waals surface area contributed by atoms with E-state index in [1.807, 2.05) is 19.1 Å². The van der Waals surface area contributed by atoms with E-state index in [4.69, 9.17) is 4.74 Å². The number of hydrogen-bond donors (Lipinski definition) is 1. The average Bonchev–Trinajstić information content (AvgIpc) is 2.79. The van der Waals surface area contributed by atoms with Crippen LogP contribution in [0.3, 0.4) is 0 Å². The first-order chi connectivity index (χ1) is 9.37. The number of hydrogen-bond acceptors (Lipinski definition) is 5. The van der Waals surface area contributed by atoms with Crippen molar-refractivity contribution in [2.45, 2.75) is 45.8 Å². The lowest BCUT2D eigenvalue weighted by Gasteiger charge is -2.59. The van der Waals surface area contributed by atoms with Crippen LogP contribution in [0.1, 0.15) is 33.0 Å². The topological polar surface area (TPSA) is 64.3 Å². The number of aryl methyl sites for hydroxylation is 1. The third kappa shape index (κ3) is 1.71. The average molecular weight is 275 g/mol. The van der Waals surface area contributed by atoms with Crippen LogP contribution in [0.4, 0.5) is 5.82 Å². The molecule has 1 fully saturated rings. The summed E-state index contributed by atoms with van der Waals surface area (Å²) in [6.07, 6.45) is 0.970. The molecule has 108 valence electrons. The molecule has 1 aliphatic rings. The number of fused-ring (bicyclic) bond motifs is 1. The molecule has 1 aliphatic carbocycles. The molecule has 0 saturated heterocycles. The van der Waals surface area contributed by atoms with E-state index >= 15 is 0 Å². The Morgan fingerprint density at radius 1 is 1.30 bits per heavy atom. The summed E-state index contributed by atoms with van der Waals surface area (Å²) in [7, 11) is 1.78. The molecule has 0 bridgehead atoms. The van der Waals surface area contributed by atoms with Crippen LogP contribution in [0.2, 0.25) is 0 Å². The second kappa shape index (κ2) is 4.15. The summed E-state index contributed by atoms with van der Waals surface area (Å²) in [4.78, 5) is 0. The lowest BCUT2D eigenvalue weighted by Crippen LogP contribution is -2.65. The van der Waals surface area contributed by atoms with Crippen molar-refractivity contribution in [2.75, 3.05) is 12.4 Å². The van der Waals surface area contributed by atoms with Crippen LogP contribution in [0.5, 0.6) is 0 Å². The number of nitrogens with zero attached hydrogens (tertiary/aromatic N) is 4. The fourth-order valence-corrected chi connectivity index (χ4v) is 2.87. The Balaban J connectivity index is 1.83. The van der Waals surface area contributed by atoms with Crippen molar-refractivity contribution in [3.05, 3.63) is 18.0 Å². The smallest absolute Gasteiger partial charge is 0.178 e. The molecule has 6 heteroatoms. The van der Waals surface area contributed by atoms with Gasteiger partial charge in [0.05, 0.1) is 5.60 Å². The van der Waals surface area contributed by atoms with Crippen LogP contribution in [0, 0.1) is 12.3 Å². The van der Waals surface area contributed by atoms with Crippen LogP contribution in [0.15, 0.2) is 12.1 Å². The third-order valence-corrected chi connectivity index (χ3v) is 5.02. The largest absolute Gasteiger partial charge is 0.378 e. The van der Waals surface area contributed by atoms with Gasteiger partial charge < -0.3 is 10.1 Å². The van der Waals surface area contributed by atoms with Gasteiger partial charge in [0, 0.05) is 18.6 Å². The standard InChI is InChI=1S/C14H21N5O/c1-9-16-17-12-7-6-11(18-19(9)12)15-10-8-14(4,20-5)13(10,2)3/h6-7,10H,8H2,1-5H3,(H,15,18)/t10-,14+/m1/s1. The van der Waals surface area contributed by atoms with Crippen molar-refractivity contribution in [1.29, 1.82) is 0 Å². The summed E-state index contributed by atoms with van der Waals surface area (Å²) in [6.45, 7) is 8.50. The van der Waals surface area contributed by atoms with Crippen LogP contribution in [0.25, 0.3) is 5.65 Å². The molecule has 1 N–H and O–H groups in total. The van der Waals surface area contributed by atoms with Gasteiger partial charge in [-0.05, 0) is 32.4 Å². The van der Waals surface area contributed by atoms with Gasteiger partial charge in [-0.2, -0.15) is 4.52 Å². The minimum atomic E-state index is -0.0821. The van der Waals surface area contributed by atoms with Gasteiger partial charge in [0.1, 0.15) is 5.82 Å². The van der Waals surface area contributed by atoms with Gasteiger partial charge in [0.25, 0.3) is 0 Å². The van der Waals surface area contributed by atoms with Crippen molar-refractivity contribution in [3.63, 3.8) is 0 Å². The SMILES string of the molecule is CO[C@@]1(C)C[C@@H](Nc2ccc3nnc(C)n3n2)C1(C)C. The number of rotatable bonds is 3. The highest BCUT2D eigenvalue weighted by molar-refractivity contribution is 5.45. The fraction of sp³-hybridized carbons (Fsp3) is 0.643. The van der Waals surface area contributed by atoms with Crippen molar-refractivity contribution in [2.24, 2.45) is 5.41 Å². The molecule has 0 spiro atoms. The maximum Gasteiger partial charge on any atom is 0.178 e. The molecule has 0 radical (unpaired) electrons. The van der Waals surface area contributed by atoms with Crippen LogP contribution in [-0.2, 0) is 4.74 Å². The second-order valence-corrected chi connectivity index (χ2v) is 6.29. The summed E-state index contributed by atoms with van der Waals surface area (Å²) in [5, 5.41) is 16.1. The summed E-state index contributed by atoms with van der Waals surface area (Å²) in [5.74, 6) is 1.63. The summed E-state index contributed by atoms with van der Waals surface area (Å²) in [5.41, 5.74) is 0.740. The van der Waals surface area contributed by atoms with E-state index in [0.717, 1.165) is 23.7 Å². The molecule has 2 aromatic rings. The van der Waals surface area contributed by atoms with Crippen molar-refractivity contribution < 1.29 is 4.74 Å². The summed E-state index contributed by atoms with van der Waals surface area (Å²) in [6, 6.07) is 4.22. The monoisotopic (exact) mass is 275 g/mol. The van der Waals surface area contributed by atoms with E-state index in [9.17, 15) is 0 Å². The number of aromatic nitrogens is 4. The van der Waals surface area contributed by atoms with Gasteiger partial charge in [-0.25, -0.2) is 0 Å². The zero-order valence-electron chi connectivity index (χ0n) is 12.6. The second-order valence-electron chi connectivity index (χ2n) is 6.29. The Labute approximate surface area is 118 Å². The normalized spacial score (nSPS) is 28.4. The third-order valence-electron chi connectivity index (χ3n) is 5.02. The molecule has 2 aromatic heterocycles. The molecule has 20 heavy (non-hydrogen) atoms. The molecule has 0 unspecified atom stereocenters. The molecule has 2 heterocycles. The highest BCUT2D eigenvalue weighted by Gasteiger charge is 2.57. The van der Waals surface area contributed by atoms with E-state index in [-0.39, 0.29) is 11.0 Å². The molecule has 0 aliphatic heterocycles. The van der Waals surface area contributed by atoms with Gasteiger partial charge in [0.2, 0.25) is 0 Å². The summed E-state index contributed by atoms with van der Waals surface area (Å²) >= 11 is 0. The highest BCUT2D eigenvalue weighted by Crippen LogP contribution is 2.52. The van der Waals surface area contributed by atoms with Crippen LogP contribution >= 0.6 is 0 Å². The minimum Gasteiger partial charge on any atom is -0.378 e. The number of ether oxygens (including phenoxy) is 1. The molecular formula is C14H21N5O. The molecule has 0 amide bonds. The first-order valence-corrected chi connectivity index (χ1v) is 6.88. The van der Waals surface area contributed by atoms with Gasteiger partial charge in [0.15, 0.2) is 11.5 Å². The molecule has 1 saturated carbocycles. The Morgan fingerprint density at radius 3 is 2.70 bits per heavy atom. The van der Waals surface area contributed by atoms with E-state index in [1.54, 1.807) is 11.6 Å². The van der Waals surface area contributed by atoms with Gasteiger partial charge in [-0.3, -0.25) is 0 Å². The first kappa shape index (κ1) is 13.3. The Kier molecular flexibility index (Phi) is 2.76. The van der Waals surface area contributed by atoms with E-state index in [2.05, 4.69) is 41.4 Å². The maximum absolute atomic E-state index is 5.65. The van der Waals surface area contributed by atoms with E-state index in [0.29, 0.717) is 6.04 Å². The lowest BCUT2D eigenvalue weighted by atomic mass is 9.56.